The molecule has 0 atom stereocenters. The first-order chi connectivity index (χ1) is 10.0. The Morgan fingerprint density at radius 3 is 2.38 bits per heavy atom. The minimum Gasteiger partial charge on any atom is -0.322 e. The summed E-state index contributed by atoms with van der Waals surface area (Å²) < 4.78 is 0.319. The highest BCUT2D eigenvalue weighted by Gasteiger charge is 2.13. The number of rotatable bonds is 4. The number of carbonyl (C=O) groups is 1. The molecule has 0 aliphatic heterocycles. The van der Waals surface area contributed by atoms with Crippen molar-refractivity contribution in [3.63, 3.8) is 0 Å². The number of nitrogens with one attached hydrogen (secondary N) is 1. The van der Waals surface area contributed by atoms with E-state index in [1.54, 1.807) is 12.1 Å². The van der Waals surface area contributed by atoms with Gasteiger partial charge < -0.3 is 5.32 Å². The number of halogens is 2. The fourth-order valence-corrected chi connectivity index (χ4v) is 2.58. The van der Waals surface area contributed by atoms with Crippen LogP contribution in [0.5, 0.6) is 0 Å². The lowest BCUT2D eigenvalue weighted by Crippen LogP contribution is -2.11. The molecule has 0 saturated carbocycles. The fourth-order valence-electron chi connectivity index (χ4n) is 1.68. The molecule has 21 heavy (non-hydrogen) atoms. The van der Waals surface area contributed by atoms with Crippen LogP contribution in [0.1, 0.15) is 15.9 Å². The first-order valence-corrected chi connectivity index (χ1v) is 7.83. The predicted molar refractivity (Wildman–Crippen MR) is 87.8 cm³/mol. The summed E-state index contributed by atoms with van der Waals surface area (Å²) in [6.45, 7) is 0. The first-order valence-electron chi connectivity index (χ1n) is 5.91. The van der Waals surface area contributed by atoms with Gasteiger partial charge in [0.05, 0.1) is 9.40 Å². The number of anilines is 1. The van der Waals surface area contributed by atoms with Crippen LogP contribution < -0.4 is 5.32 Å². The highest BCUT2D eigenvalue weighted by Crippen LogP contribution is 2.27. The second-order valence-electron chi connectivity index (χ2n) is 4.21. The van der Waals surface area contributed by atoms with Crippen molar-refractivity contribution in [2.75, 3.05) is 5.32 Å². The molecule has 0 fully saturated rings. The number of hydrogen-bond acceptors (Lipinski definition) is 3. The molecule has 0 aliphatic rings. The summed E-state index contributed by atoms with van der Waals surface area (Å²) in [5, 5.41) is 14.1. The lowest BCUT2D eigenvalue weighted by Gasteiger charge is -2.06. The SMILES string of the molecule is O=C(Nc1ccc([N+](=O)[O-])c(Br)c1)c1ccc(CBr)cc1. The van der Waals surface area contributed by atoms with Gasteiger partial charge in [-0.1, -0.05) is 28.1 Å². The van der Waals surface area contributed by atoms with E-state index in [9.17, 15) is 14.9 Å². The third-order valence-electron chi connectivity index (χ3n) is 2.77. The summed E-state index contributed by atoms with van der Waals surface area (Å²) in [5.74, 6) is -0.267. The maximum atomic E-state index is 12.1. The molecular weight excluding hydrogens is 404 g/mol. The van der Waals surface area contributed by atoms with E-state index in [0.29, 0.717) is 15.7 Å². The average Bonchev–Trinajstić information content (AvgIpc) is 2.47. The van der Waals surface area contributed by atoms with Gasteiger partial charge in [-0.3, -0.25) is 14.9 Å². The summed E-state index contributed by atoms with van der Waals surface area (Å²) in [6, 6.07) is 11.5. The molecule has 0 unspecified atom stereocenters. The van der Waals surface area contributed by atoms with Gasteiger partial charge in [0.25, 0.3) is 11.6 Å². The van der Waals surface area contributed by atoms with Crippen molar-refractivity contribution in [1.82, 2.24) is 0 Å². The van der Waals surface area contributed by atoms with Crippen molar-refractivity contribution < 1.29 is 9.72 Å². The lowest BCUT2D eigenvalue weighted by molar-refractivity contribution is -0.385. The molecule has 1 amide bonds. The second kappa shape index (κ2) is 6.82. The Balaban J connectivity index is 2.15. The van der Waals surface area contributed by atoms with Gasteiger partial charge in [0.15, 0.2) is 0 Å². The third kappa shape index (κ3) is 3.89. The summed E-state index contributed by atoms with van der Waals surface area (Å²) in [7, 11) is 0. The molecular formula is C14H10Br2N2O3. The Kier molecular flexibility index (Phi) is 5.08. The average molecular weight is 414 g/mol. The Hall–Kier alpha value is -1.73. The number of benzene rings is 2. The van der Waals surface area contributed by atoms with E-state index in [2.05, 4.69) is 37.2 Å². The van der Waals surface area contributed by atoms with Gasteiger partial charge in [-0.05, 0) is 45.8 Å². The summed E-state index contributed by atoms with van der Waals surface area (Å²) >= 11 is 6.45. The number of nitrogens with zero attached hydrogens (tertiary/aromatic N) is 1. The predicted octanol–water partition coefficient (Wildman–Crippen LogP) is 4.50. The number of alkyl halides is 1. The molecule has 0 spiro atoms. The van der Waals surface area contributed by atoms with Crippen LogP contribution in [0.3, 0.4) is 0 Å². The van der Waals surface area contributed by atoms with E-state index < -0.39 is 4.92 Å². The van der Waals surface area contributed by atoms with E-state index in [4.69, 9.17) is 0 Å². The van der Waals surface area contributed by atoms with Gasteiger partial charge in [-0.15, -0.1) is 0 Å². The molecule has 0 bridgehead atoms. The monoisotopic (exact) mass is 412 g/mol. The summed E-state index contributed by atoms with van der Waals surface area (Å²) in [5.41, 5.74) is 2.04. The quantitative estimate of drug-likeness (QED) is 0.455. The molecule has 7 heteroatoms. The molecule has 0 heterocycles. The summed E-state index contributed by atoms with van der Waals surface area (Å²) in [4.78, 5) is 22.3. The van der Waals surface area contributed by atoms with E-state index in [-0.39, 0.29) is 11.6 Å². The van der Waals surface area contributed by atoms with Crippen LogP contribution in [0.4, 0.5) is 11.4 Å². The van der Waals surface area contributed by atoms with Gasteiger partial charge in [0.1, 0.15) is 0 Å². The zero-order valence-corrected chi connectivity index (χ0v) is 13.8. The maximum Gasteiger partial charge on any atom is 0.283 e. The topological polar surface area (TPSA) is 72.2 Å². The van der Waals surface area contributed by atoms with Gasteiger partial charge in [0.2, 0.25) is 0 Å². The minimum atomic E-state index is -0.491. The first kappa shape index (κ1) is 15.7. The Bertz CT molecular complexity index is 687. The van der Waals surface area contributed by atoms with Crippen molar-refractivity contribution in [1.29, 1.82) is 0 Å². The van der Waals surface area contributed by atoms with Crippen molar-refractivity contribution in [2.45, 2.75) is 5.33 Å². The largest absolute Gasteiger partial charge is 0.322 e. The number of amides is 1. The molecule has 2 rings (SSSR count). The van der Waals surface area contributed by atoms with Gasteiger partial charge >= 0.3 is 0 Å². The van der Waals surface area contributed by atoms with Crippen LogP contribution in [0.2, 0.25) is 0 Å². The molecule has 5 nitrogen and oxygen atoms in total. The van der Waals surface area contributed by atoms with Crippen LogP contribution in [-0.2, 0) is 5.33 Å². The highest BCUT2D eigenvalue weighted by atomic mass is 79.9. The Morgan fingerprint density at radius 1 is 1.19 bits per heavy atom. The number of nitro groups is 1. The Morgan fingerprint density at radius 2 is 1.86 bits per heavy atom. The van der Waals surface area contributed by atoms with Crippen molar-refractivity contribution in [3.8, 4) is 0 Å². The third-order valence-corrected chi connectivity index (χ3v) is 4.06. The molecule has 2 aromatic rings. The van der Waals surface area contributed by atoms with Crippen LogP contribution in [0.25, 0.3) is 0 Å². The van der Waals surface area contributed by atoms with Gasteiger partial charge in [-0.25, -0.2) is 0 Å². The van der Waals surface area contributed by atoms with E-state index in [0.717, 1.165) is 10.9 Å². The molecule has 0 aromatic heterocycles. The van der Waals surface area contributed by atoms with Crippen LogP contribution in [0, 0.1) is 10.1 Å². The van der Waals surface area contributed by atoms with Crippen LogP contribution >= 0.6 is 31.9 Å². The zero-order chi connectivity index (χ0) is 15.4. The molecule has 0 aliphatic carbocycles. The summed E-state index contributed by atoms with van der Waals surface area (Å²) in [6.07, 6.45) is 0. The molecule has 1 N–H and O–H groups in total. The van der Waals surface area contributed by atoms with Gasteiger partial charge in [-0.2, -0.15) is 0 Å². The van der Waals surface area contributed by atoms with Crippen molar-refractivity contribution >= 4 is 49.1 Å². The number of carbonyl (C=O) groups excluding carboxylic acids is 1. The van der Waals surface area contributed by atoms with Crippen molar-refractivity contribution in [3.05, 3.63) is 68.2 Å². The van der Waals surface area contributed by atoms with E-state index >= 15 is 0 Å². The normalized spacial score (nSPS) is 10.2. The molecule has 2 aromatic carbocycles. The smallest absolute Gasteiger partial charge is 0.283 e. The lowest BCUT2D eigenvalue weighted by atomic mass is 10.1. The Labute approximate surface area is 137 Å². The standard InChI is InChI=1S/C14H10Br2N2O3/c15-8-9-1-3-10(4-2-9)14(19)17-11-5-6-13(18(20)21)12(16)7-11/h1-7H,8H2,(H,17,19). The van der Waals surface area contributed by atoms with Gasteiger partial charge in [0, 0.05) is 22.6 Å². The molecule has 108 valence electrons. The van der Waals surface area contributed by atoms with E-state index in [1.165, 1.54) is 18.2 Å². The van der Waals surface area contributed by atoms with Crippen LogP contribution in [-0.4, -0.2) is 10.8 Å². The second-order valence-corrected chi connectivity index (χ2v) is 5.62. The number of nitro benzene ring substituents is 1. The van der Waals surface area contributed by atoms with Crippen molar-refractivity contribution in [2.24, 2.45) is 0 Å². The molecule has 0 saturated heterocycles. The highest BCUT2D eigenvalue weighted by molar-refractivity contribution is 9.10. The molecule has 0 radical (unpaired) electrons. The maximum absolute atomic E-state index is 12.1. The zero-order valence-electron chi connectivity index (χ0n) is 10.7. The van der Waals surface area contributed by atoms with Crippen LogP contribution in [0.15, 0.2) is 46.9 Å². The van der Waals surface area contributed by atoms with E-state index in [1.807, 2.05) is 12.1 Å². The minimum absolute atomic E-state index is 0.0466. The number of hydrogen-bond donors (Lipinski definition) is 1. The fraction of sp³-hybridized carbons (Fsp3) is 0.0714.